The van der Waals surface area contributed by atoms with E-state index in [9.17, 15) is 18.9 Å². The first-order chi connectivity index (χ1) is 4.04. The molecule has 0 aromatic rings. The molecule has 0 radical (unpaired) electrons. The van der Waals surface area contributed by atoms with Gasteiger partial charge in [0.1, 0.15) is 0 Å². The maximum Gasteiger partial charge on any atom is 0.220 e. The molecule has 0 aliphatic heterocycles. The maximum atomic E-state index is 9.81. The summed E-state index contributed by atoms with van der Waals surface area (Å²) in [6, 6.07) is -0.997. The van der Waals surface area contributed by atoms with Gasteiger partial charge < -0.3 is 4.55 Å². The van der Waals surface area contributed by atoms with Gasteiger partial charge in [-0.3, -0.25) is 14.3 Å². The van der Waals surface area contributed by atoms with E-state index in [1.54, 1.807) is 0 Å². The Morgan fingerprint density at radius 2 is 2.22 bits per heavy atom. The second kappa shape index (κ2) is 3.52. The Morgan fingerprint density at radius 3 is 2.33 bits per heavy atom. The molecule has 0 fully saturated rings. The fourth-order valence-corrected chi connectivity index (χ4v) is 0.773. The maximum absolute atomic E-state index is 9.81. The Morgan fingerprint density at radius 1 is 1.78 bits per heavy atom. The highest BCUT2D eigenvalue weighted by Gasteiger charge is 2.11. The molecule has 0 spiro atoms. The van der Waals surface area contributed by atoms with E-state index >= 15 is 0 Å². The predicted molar refractivity (Wildman–Crippen MR) is 30.2 cm³/mol. The Bertz CT molecular complexity index is 136. The highest BCUT2D eigenvalue weighted by atomic mass is 32.2. The molecule has 6 heteroatoms. The smallest absolute Gasteiger partial charge is 0.220 e. The molecule has 0 aliphatic carbocycles. The molecule has 0 heterocycles. The average Bonchev–Trinajstić information content (AvgIpc) is 1.63. The van der Waals surface area contributed by atoms with Crippen LogP contribution in [0.2, 0.25) is 0 Å². The van der Waals surface area contributed by atoms with Gasteiger partial charge in [0, 0.05) is 11.8 Å². The van der Waals surface area contributed by atoms with Crippen LogP contribution in [0.25, 0.3) is 0 Å². The summed E-state index contributed by atoms with van der Waals surface area (Å²) in [5, 5.41) is 9.77. The second-order valence-corrected chi connectivity index (χ2v) is 2.55. The first kappa shape index (κ1) is 8.51. The van der Waals surface area contributed by atoms with Crippen molar-refractivity contribution < 1.29 is 13.7 Å². The highest BCUT2D eigenvalue weighted by molar-refractivity contribution is 7.79. The van der Waals surface area contributed by atoms with Crippen LogP contribution in [0.15, 0.2) is 0 Å². The lowest BCUT2D eigenvalue weighted by Crippen LogP contribution is -2.22. The molecule has 0 saturated carbocycles. The predicted octanol–water partition coefficient (Wildman–Crippen LogP) is -0.469. The monoisotopic (exact) mass is 152 g/mol. The minimum Gasteiger partial charge on any atom is -0.772 e. The van der Waals surface area contributed by atoms with Gasteiger partial charge in [-0.1, -0.05) is 0 Å². The van der Waals surface area contributed by atoms with E-state index in [0.717, 1.165) is 0 Å². The zero-order valence-electron chi connectivity index (χ0n) is 4.77. The van der Waals surface area contributed by atoms with Gasteiger partial charge in [0.2, 0.25) is 6.04 Å². The van der Waals surface area contributed by atoms with Crippen LogP contribution in [0.1, 0.15) is 6.92 Å². The van der Waals surface area contributed by atoms with E-state index < -0.39 is 27.8 Å². The van der Waals surface area contributed by atoms with Crippen LogP contribution in [0.4, 0.5) is 0 Å². The zero-order valence-corrected chi connectivity index (χ0v) is 5.59. The molecule has 0 N–H and O–H groups in total. The fourth-order valence-electron chi connectivity index (χ4n) is 0.258. The first-order valence-corrected chi connectivity index (χ1v) is 3.47. The lowest BCUT2D eigenvalue weighted by molar-refractivity contribution is -0.512. The van der Waals surface area contributed by atoms with Crippen LogP contribution >= 0.6 is 0 Å². The third-order valence-electron chi connectivity index (χ3n) is 0.737. The van der Waals surface area contributed by atoms with Crippen molar-refractivity contribution in [1.82, 2.24) is 0 Å². The van der Waals surface area contributed by atoms with Gasteiger partial charge in [0.15, 0.2) is 0 Å². The van der Waals surface area contributed by atoms with E-state index in [2.05, 4.69) is 0 Å². The van der Waals surface area contributed by atoms with Crippen molar-refractivity contribution in [2.45, 2.75) is 13.0 Å². The second-order valence-electron chi connectivity index (χ2n) is 1.60. The van der Waals surface area contributed by atoms with Crippen molar-refractivity contribution in [2.24, 2.45) is 0 Å². The van der Waals surface area contributed by atoms with E-state index in [0.29, 0.717) is 0 Å². The summed E-state index contributed by atoms with van der Waals surface area (Å²) in [5.41, 5.74) is 0. The van der Waals surface area contributed by atoms with E-state index in [1.807, 2.05) is 0 Å². The molecule has 2 atom stereocenters. The minimum atomic E-state index is -2.31. The summed E-state index contributed by atoms with van der Waals surface area (Å²) < 4.78 is 19.6. The largest absolute Gasteiger partial charge is 0.772 e. The fraction of sp³-hybridized carbons (Fsp3) is 1.00. The lowest BCUT2D eigenvalue weighted by Gasteiger charge is -2.04. The normalized spacial score (nSPS) is 16.7. The molecule has 0 aromatic carbocycles. The van der Waals surface area contributed by atoms with Crippen LogP contribution in [-0.2, 0) is 11.1 Å². The summed E-state index contributed by atoms with van der Waals surface area (Å²) >= 11 is -2.31. The van der Waals surface area contributed by atoms with E-state index in [-0.39, 0.29) is 0 Å². The zero-order chi connectivity index (χ0) is 7.44. The van der Waals surface area contributed by atoms with Gasteiger partial charge in [-0.25, -0.2) is 0 Å². The molecular weight excluding hydrogens is 146 g/mol. The Kier molecular flexibility index (Phi) is 3.33. The average molecular weight is 152 g/mol. The SMILES string of the molecule is CC(CS(=O)[O-])[N+](=O)[O-]. The molecule has 0 saturated heterocycles. The molecule has 9 heavy (non-hydrogen) atoms. The number of nitro groups is 1. The Hall–Kier alpha value is -0.490. The summed E-state index contributed by atoms with van der Waals surface area (Å²) in [6.45, 7) is 1.25. The number of nitrogens with zero attached hydrogens (tertiary/aromatic N) is 1. The number of hydrogen-bond donors (Lipinski definition) is 0. The molecular formula is C3H6NO4S-. The van der Waals surface area contributed by atoms with Crippen molar-refractivity contribution in [3.8, 4) is 0 Å². The van der Waals surface area contributed by atoms with Crippen LogP contribution in [0.3, 0.4) is 0 Å². The minimum absolute atomic E-state index is 0.410. The molecule has 0 rings (SSSR count). The van der Waals surface area contributed by atoms with E-state index in [4.69, 9.17) is 0 Å². The van der Waals surface area contributed by atoms with Crippen LogP contribution < -0.4 is 0 Å². The topological polar surface area (TPSA) is 83.3 Å². The molecule has 0 aliphatic rings. The number of hydrogen-bond acceptors (Lipinski definition) is 4. The van der Waals surface area contributed by atoms with Gasteiger partial charge in [0.05, 0.1) is 5.75 Å². The molecule has 2 unspecified atom stereocenters. The van der Waals surface area contributed by atoms with Crippen molar-refractivity contribution >= 4 is 11.1 Å². The molecule has 0 amide bonds. The molecule has 0 aromatic heterocycles. The third-order valence-corrected chi connectivity index (χ3v) is 1.49. The van der Waals surface area contributed by atoms with Crippen molar-refractivity contribution in [3.63, 3.8) is 0 Å². The third kappa shape index (κ3) is 4.04. The van der Waals surface area contributed by atoms with Crippen LogP contribution in [-0.4, -0.2) is 25.5 Å². The number of rotatable bonds is 3. The molecule has 5 nitrogen and oxygen atoms in total. The molecule has 54 valence electrons. The summed E-state index contributed by atoms with van der Waals surface area (Å²) in [7, 11) is 0. The van der Waals surface area contributed by atoms with Gasteiger partial charge in [-0.15, -0.1) is 0 Å². The van der Waals surface area contributed by atoms with Gasteiger partial charge in [-0.05, 0) is 11.1 Å². The van der Waals surface area contributed by atoms with Crippen molar-refractivity contribution in [3.05, 3.63) is 10.1 Å². The first-order valence-electron chi connectivity index (χ1n) is 2.23. The quantitative estimate of drug-likeness (QED) is 0.311. The highest BCUT2D eigenvalue weighted by Crippen LogP contribution is 1.88. The standard InChI is InChI=1S/C3H7NO4S/c1-3(4(5)6)2-9(7)8/h3H,2H2,1H3,(H,7,8)/p-1. The van der Waals surface area contributed by atoms with E-state index in [1.165, 1.54) is 6.92 Å². The van der Waals surface area contributed by atoms with Gasteiger partial charge >= 0.3 is 0 Å². The van der Waals surface area contributed by atoms with Crippen LogP contribution in [0.5, 0.6) is 0 Å². The summed E-state index contributed by atoms with van der Waals surface area (Å²) in [6.07, 6.45) is 0. The Balaban J connectivity index is 3.63. The summed E-state index contributed by atoms with van der Waals surface area (Å²) in [5.74, 6) is -0.410. The van der Waals surface area contributed by atoms with Crippen molar-refractivity contribution in [1.29, 1.82) is 0 Å². The summed E-state index contributed by atoms with van der Waals surface area (Å²) in [4.78, 5) is 9.14. The Labute approximate surface area is 54.5 Å². The van der Waals surface area contributed by atoms with Gasteiger partial charge in [-0.2, -0.15) is 0 Å². The van der Waals surface area contributed by atoms with Gasteiger partial charge in [0.25, 0.3) is 0 Å². The molecule has 0 bridgehead atoms. The lowest BCUT2D eigenvalue weighted by atomic mass is 10.4. The van der Waals surface area contributed by atoms with Crippen LogP contribution in [0, 0.1) is 10.1 Å². The van der Waals surface area contributed by atoms with Crippen molar-refractivity contribution in [2.75, 3.05) is 5.75 Å².